The predicted molar refractivity (Wildman–Crippen MR) is 99.0 cm³/mol. The van der Waals surface area contributed by atoms with Crippen molar-refractivity contribution in [3.63, 3.8) is 0 Å². The van der Waals surface area contributed by atoms with Crippen molar-refractivity contribution in [1.82, 2.24) is 14.8 Å². The summed E-state index contributed by atoms with van der Waals surface area (Å²) >= 11 is 1.48. The second-order valence-corrected chi connectivity index (χ2v) is 6.25. The Hall–Kier alpha value is -3.27. The molecule has 1 aromatic carbocycles. The lowest BCUT2D eigenvalue weighted by atomic mass is 10.1. The van der Waals surface area contributed by atoms with Crippen LogP contribution in [-0.2, 0) is 6.54 Å². The zero-order chi connectivity index (χ0) is 18.5. The number of hydrogen-bond donors (Lipinski definition) is 1. The maximum Gasteiger partial charge on any atom is 0.307 e. The van der Waals surface area contributed by atoms with Crippen LogP contribution in [-0.4, -0.2) is 33.0 Å². The van der Waals surface area contributed by atoms with E-state index in [0.717, 1.165) is 22.0 Å². The van der Waals surface area contributed by atoms with Crippen LogP contribution in [0.4, 0.5) is 10.8 Å². The van der Waals surface area contributed by atoms with E-state index in [1.165, 1.54) is 28.4 Å². The van der Waals surface area contributed by atoms with Gasteiger partial charge in [-0.25, -0.2) is 4.98 Å². The second-order valence-electron chi connectivity index (χ2n) is 5.39. The molecule has 0 saturated heterocycles. The molecule has 1 N–H and O–H groups in total. The highest BCUT2D eigenvalue weighted by atomic mass is 32.1. The van der Waals surface area contributed by atoms with Crippen molar-refractivity contribution >= 4 is 28.4 Å². The molecule has 0 saturated carbocycles. The molecular weight excluding hydrogens is 356 g/mol. The van der Waals surface area contributed by atoms with Gasteiger partial charge in [0.25, 0.3) is 0 Å². The van der Waals surface area contributed by atoms with Crippen LogP contribution < -0.4 is 10.2 Å². The molecule has 0 radical (unpaired) electrons. The largest absolute Gasteiger partial charge is 0.496 e. The normalized spacial score (nSPS) is 11.0. The number of nitrogens with zero attached hydrogens (tertiary/aromatic N) is 5. The van der Waals surface area contributed by atoms with Crippen molar-refractivity contribution in [1.29, 1.82) is 0 Å². The number of nitrogens with one attached hydrogen (secondary N) is 1. The lowest BCUT2D eigenvalue weighted by molar-refractivity contribution is -0.385. The first kappa shape index (κ1) is 17.5. The Bertz CT molecular complexity index is 949. The fraction of sp³-hybridized carbons (Fsp3) is 0.188. The maximum absolute atomic E-state index is 10.8. The van der Waals surface area contributed by atoms with Gasteiger partial charge in [0.2, 0.25) is 5.13 Å². The van der Waals surface area contributed by atoms with Gasteiger partial charge in [0.05, 0.1) is 30.5 Å². The summed E-state index contributed by atoms with van der Waals surface area (Å²) in [5, 5.41) is 21.6. The van der Waals surface area contributed by atoms with Crippen molar-refractivity contribution in [3.8, 4) is 5.75 Å². The fourth-order valence-corrected chi connectivity index (χ4v) is 2.91. The van der Waals surface area contributed by atoms with Gasteiger partial charge in [0.1, 0.15) is 18.1 Å². The summed E-state index contributed by atoms with van der Waals surface area (Å²) in [5.74, 6) is 0.670. The molecule has 0 atom stereocenters. The number of rotatable bonds is 7. The van der Waals surface area contributed by atoms with Gasteiger partial charge in [-0.05, 0) is 30.7 Å². The molecule has 0 aliphatic carbocycles. The number of thiazole rings is 1. The molecule has 10 heteroatoms. The molecule has 3 aromatic rings. The van der Waals surface area contributed by atoms with Crippen LogP contribution in [0, 0.1) is 17.0 Å². The lowest BCUT2D eigenvalue weighted by Gasteiger charge is -2.09. The molecule has 0 aliphatic heterocycles. The Labute approximate surface area is 153 Å². The van der Waals surface area contributed by atoms with Gasteiger partial charge in [0, 0.05) is 10.9 Å². The number of ether oxygens (including phenoxy) is 1. The standard InChI is InChI=1S/C16H16N6O3S/c1-11-10-26-16(19-11)20-17-6-12-3-4-15(25-2)13(5-12)8-21-9-14(7-18-21)22(23)24/h3-7,9-10H,8H2,1-2H3,(H,19,20). The van der Waals surface area contributed by atoms with Crippen LogP contribution >= 0.6 is 11.3 Å². The minimum atomic E-state index is -0.476. The molecule has 0 bridgehead atoms. The van der Waals surface area contributed by atoms with E-state index < -0.39 is 4.92 Å². The predicted octanol–water partition coefficient (Wildman–Crippen LogP) is 3.06. The zero-order valence-corrected chi connectivity index (χ0v) is 14.9. The molecule has 0 amide bonds. The van der Waals surface area contributed by atoms with E-state index in [2.05, 4.69) is 20.6 Å². The first-order valence-corrected chi connectivity index (χ1v) is 8.48. The molecule has 0 unspecified atom stereocenters. The summed E-state index contributed by atoms with van der Waals surface area (Å²) in [6, 6.07) is 5.58. The van der Waals surface area contributed by atoms with Gasteiger partial charge in [0.15, 0.2) is 0 Å². The van der Waals surface area contributed by atoms with Gasteiger partial charge in [-0.3, -0.25) is 20.2 Å². The van der Waals surface area contributed by atoms with Gasteiger partial charge >= 0.3 is 5.69 Å². The van der Waals surface area contributed by atoms with Gasteiger partial charge in [-0.1, -0.05) is 0 Å². The number of hydrogen-bond acceptors (Lipinski definition) is 8. The summed E-state index contributed by atoms with van der Waals surface area (Å²) in [5.41, 5.74) is 5.45. The lowest BCUT2D eigenvalue weighted by Crippen LogP contribution is -2.03. The highest BCUT2D eigenvalue weighted by Crippen LogP contribution is 2.21. The quantitative estimate of drug-likeness (QED) is 0.388. The van der Waals surface area contributed by atoms with Crippen LogP contribution in [0.25, 0.3) is 0 Å². The molecule has 0 fully saturated rings. The van der Waals surface area contributed by atoms with Crippen LogP contribution in [0.1, 0.15) is 16.8 Å². The van der Waals surface area contributed by atoms with Crippen LogP contribution in [0.3, 0.4) is 0 Å². The van der Waals surface area contributed by atoms with Crippen molar-refractivity contribution in [2.75, 3.05) is 12.5 Å². The first-order chi connectivity index (χ1) is 12.5. The van der Waals surface area contributed by atoms with Crippen LogP contribution in [0.5, 0.6) is 5.75 Å². The molecule has 134 valence electrons. The highest BCUT2D eigenvalue weighted by molar-refractivity contribution is 7.13. The van der Waals surface area contributed by atoms with Crippen molar-refractivity contribution in [2.24, 2.45) is 5.10 Å². The average Bonchev–Trinajstić information content (AvgIpc) is 3.24. The Morgan fingerprint density at radius 1 is 1.50 bits per heavy atom. The summed E-state index contributed by atoms with van der Waals surface area (Å²) < 4.78 is 6.85. The van der Waals surface area contributed by atoms with Gasteiger partial charge in [-0.2, -0.15) is 10.2 Å². The number of methoxy groups -OCH3 is 1. The third-order valence-corrected chi connectivity index (χ3v) is 4.32. The van der Waals surface area contributed by atoms with E-state index in [4.69, 9.17) is 4.74 Å². The van der Waals surface area contributed by atoms with E-state index in [-0.39, 0.29) is 5.69 Å². The average molecular weight is 372 g/mol. The maximum atomic E-state index is 10.8. The molecular formula is C16H16N6O3S. The van der Waals surface area contributed by atoms with Crippen molar-refractivity contribution in [3.05, 3.63) is 62.9 Å². The Kier molecular flexibility index (Phi) is 5.23. The number of aryl methyl sites for hydroxylation is 1. The molecule has 9 nitrogen and oxygen atoms in total. The van der Waals surface area contributed by atoms with E-state index in [9.17, 15) is 10.1 Å². The van der Waals surface area contributed by atoms with E-state index in [0.29, 0.717) is 12.3 Å². The Balaban J connectivity index is 1.75. The van der Waals surface area contributed by atoms with E-state index in [1.807, 2.05) is 30.5 Å². The summed E-state index contributed by atoms with van der Waals surface area (Å²) in [4.78, 5) is 14.6. The van der Waals surface area contributed by atoms with E-state index >= 15 is 0 Å². The Morgan fingerprint density at radius 3 is 3.00 bits per heavy atom. The van der Waals surface area contributed by atoms with Crippen molar-refractivity contribution in [2.45, 2.75) is 13.5 Å². The third kappa shape index (κ3) is 4.22. The second kappa shape index (κ2) is 7.74. The number of aromatic nitrogens is 3. The zero-order valence-electron chi connectivity index (χ0n) is 14.1. The topological polar surface area (TPSA) is 107 Å². The van der Waals surface area contributed by atoms with Gasteiger partial charge < -0.3 is 4.74 Å². The Morgan fingerprint density at radius 2 is 2.35 bits per heavy atom. The molecule has 2 aromatic heterocycles. The minimum absolute atomic E-state index is 0.0513. The minimum Gasteiger partial charge on any atom is -0.496 e. The van der Waals surface area contributed by atoms with Crippen molar-refractivity contribution < 1.29 is 9.66 Å². The van der Waals surface area contributed by atoms with Crippen LogP contribution in [0.2, 0.25) is 0 Å². The molecule has 26 heavy (non-hydrogen) atoms. The fourth-order valence-electron chi connectivity index (χ4n) is 2.28. The van der Waals surface area contributed by atoms with Gasteiger partial charge in [-0.15, -0.1) is 11.3 Å². The SMILES string of the molecule is COc1ccc(C=NNc2nc(C)cs2)cc1Cn1cc([N+](=O)[O-])cn1. The number of nitro groups is 1. The summed E-state index contributed by atoms with van der Waals surface area (Å²) in [6.07, 6.45) is 4.27. The third-order valence-electron chi connectivity index (χ3n) is 3.46. The number of benzene rings is 1. The molecule has 0 aliphatic rings. The summed E-state index contributed by atoms with van der Waals surface area (Å²) in [7, 11) is 1.57. The highest BCUT2D eigenvalue weighted by Gasteiger charge is 2.11. The number of hydrazone groups is 1. The molecule has 0 spiro atoms. The van der Waals surface area contributed by atoms with Crippen LogP contribution in [0.15, 0.2) is 41.1 Å². The summed E-state index contributed by atoms with van der Waals surface area (Å²) in [6.45, 7) is 2.26. The molecule has 2 heterocycles. The smallest absolute Gasteiger partial charge is 0.307 e. The molecule has 3 rings (SSSR count). The monoisotopic (exact) mass is 372 g/mol. The van der Waals surface area contributed by atoms with E-state index in [1.54, 1.807) is 13.3 Å². The number of anilines is 1. The first-order valence-electron chi connectivity index (χ1n) is 7.60.